The van der Waals surface area contributed by atoms with E-state index in [4.69, 9.17) is 0 Å². The van der Waals surface area contributed by atoms with E-state index in [9.17, 15) is 0 Å². The van der Waals surface area contributed by atoms with Gasteiger partial charge in [-0.3, -0.25) is 4.90 Å². The van der Waals surface area contributed by atoms with Gasteiger partial charge in [0.1, 0.15) is 0 Å². The summed E-state index contributed by atoms with van der Waals surface area (Å²) in [4.78, 5) is 2.69. The highest BCUT2D eigenvalue weighted by Gasteiger charge is 2.23. The van der Waals surface area contributed by atoms with Crippen molar-refractivity contribution < 1.29 is 0 Å². The summed E-state index contributed by atoms with van der Waals surface area (Å²) in [7, 11) is 0. The number of fused-ring (bicyclic) bond motifs is 1. The second-order valence-electron chi connectivity index (χ2n) is 6.91. The van der Waals surface area contributed by atoms with Crippen LogP contribution in [0.2, 0.25) is 0 Å². The molecular formula is C18H28N2. The lowest BCUT2D eigenvalue weighted by molar-refractivity contribution is 0.134. The van der Waals surface area contributed by atoms with E-state index >= 15 is 0 Å². The molecule has 1 aromatic rings. The summed E-state index contributed by atoms with van der Waals surface area (Å²) in [6.45, 7) is 9.29. The van der Waals surface area contributed by atoms with Crippen LogP contribution >= 0.6 is 0 Å². The maximum atomic E-state index is 3.56. The highest BCUT2D eigenvalue weighted by molar-refractivity contribution is 5.35. The Bertz CT molecular complexity index is 453. The van der Waals surface area contributed by atoms with E-state index in [-0.39, 0.29) is 0 Å². The number of hydrogen-bond donors (Lipinski definition) is 1. The molecule has 0 saturated carbocycles. The van der Waals surface area contributed by atoms with Crippen molar-refractivity contribution in [2.24, 2.45) is 5.92 Å². The molecular weight excluding hydrogens is 244 g/mol. The lowest BCUT2D eigenvalue weighted by atomic mass is 9.99. The van der Waals surface area contributed by atoms with Gasteiger partial charge < -0.3 is 5.32 Å². The Labute approximate surface area is 123 Å². The summed E-state index contributed by atoms with van der Waals surface area (Å²) in [6, 6.07) is 7.91. The zero-order valence-electron chi connectivity index (χ0n) is 13.0. The van der Waals surface area contributed by atoms with Crippen molar-refractivity contribution in [1.82, 2.24) is 10.2 Å². The minimum atomic E-state index is 0.706. The van der Waals surface area contributed by atoms with Crippen LogP contribution in [0.4, 0.5) is 0 Å². The van der Waals surface area contributed by atoms with Gasteiger partial charge in [-0.1, -0.05) is 32.0 Å². The standard InChI is InChI=1S/C18H28N2/c1-14(2)10-18-12-19-8-9-20(18)13-15-6-7-16-4-3-5-17(16)11-15/h6-7,11,14,18-19H,3-5,8-10,12-13H2,1-2H3. The molecule has 20 heavy (non-hydrogen) atoms. The molecule has 1 aromatic carbocycles. The normalized spacial score (nSPS) is 23.2. The Kier molecular flexibility index (Phi) is 4.42. The molecule has 0 amide bonds. The maximum absolute atomic E-state index is 3.56. The Balaban J connectivity index is 1.68. The van der Waals surface area contributed by atoms with E-state index in [0.717, 1.165) is 25.6 Å². The van der Waals surface area contributed by atoms with Crippen LogP contribution in [0.25, 0.3) is 0 Å². The molecule has 0 radical (unpaired) electrons. The van der Waals surface area contributed by atoms with Gasteiger partial charge in [0.25, 0.3) is 0 Å². The topological polar surface area (TPSA) is 15.3 Å². The summed E-state index contributed by atoms with van der Waals surface area (Å²) in [5.41, 5.74) is 4.71. The molecule has 3 rings (SSSR count). The zero-order valence-corrected chi connectivity index (χ0v) is 13.0. The quantitative estimate of drug-likeness (QED) is 0.906. The van der Waals surface area contributed by atoms with Crippen LogP contribution in [0.5, 0.6) is 0 Å². The highest BCUT2D eigenvalue weighted by atomic mass is 15.2. The van der Waals surface area contributed by atoms with Gasteiger partial charge in [-0.25, -0.2) is 0 Å². The van der Waals surface area contributed by atoms with E-state index in [0.29, 0.717) is 6.04 Å². The molecule has 1 fully saturated rings. The molecule has 1 heterocycles. The third-order valence-corrected chi connectivity index (χ3v) is 4.76. The third-order valence-electron chi connectivity index (χ3n) is 4.76. The van der Waals surface area contributed by atoms with Crippen LogP contribution in [0.1, 0.15) is 43.4 Å². The first-order chi connectivity index (χ1) is 9.72. The van der Waals surface area contributed by atoms with Gasteiger partial charge in [-0.05, 0) is 48.3 Å². The van der Waals surface area contributed by atoms with Crippen molar-refractivity contribution in [1.29, 1.82) is 0 Å². The first kappa shape index (κ1) is 14.1. The molecule has 0 spiro atoms. The lowest BCUT2D eigenvalue weighted by Crippen LogP contribution is -2.51. The molecule has 2 nitrogen and oxygen atoms in total. The lowest BCUT2D eigenvalue weighted by Gasteiger charge is -2.37. The number of aryl methyl sites for hydroxylation is 2. The Morgan fingerprint density at radius 1 is 1.25 bits per heavy atom. The Morgan fingerprint density at radius 3 is 2.95 bits per heavy atom. The summed E-state index contributed by atoms with van der Waals surface area (Å²) in [5.74, 6) is 0.780. The van der Waals surface area contributed by atoms with Crippen molar-refractivity contribution in [3.8, 4) is 0 Å². The molecule has 1 aliphatic carbocycles. The second-order valence-corrected chi connectivity index (χ2v) is 6.91. The second kappa shape index (κ2) is 6.28. The van der Waals surface area contributed by atoms with Gasteiger partial charge in [0.05, 0.1) is 0 Å². The van der Waals surface area contributed by atoms with E-state index in [2.05, 4.69) is 42.3 Å². The van der Waals surface area contributed by atoms with Gasteiger partial charge in [0.15, 0.2) is 0 Å². The molecule has 1 unspecified atom stereocenters. The predicted octanol–water partition coefficient (Wildman–Crippen LogP) is 3.00. The predicted molar refractivity (Wildman–Crippen MR) is 85.0 cm³/mol. The van der Waals surface area contributed by atoms with Crippen LogP contribution in [-0.2, 0) is 19.4 Å². The van der Waals surface area contributed by atoms with Crippen LogP contribution in [0.3, 0.4) is 0 Å². The summed E-state index contributed by atoms with van der Waals surface area (Å²) in [6.07, 6.45) is 5.24. The minimum absolute atomic E-state index is 0.706. The molecule has 2 aliphatic rings. The smallest absolute Gasteiger partial charge is 0.0237 e. The van der Waals surface area contributed by atoms with Crippen molar-refractivity contribution in [2.45, 2.75) is 52.1 Å². The highest BCUT2D eigenvalue weighted by Crippen LogP contribution is 2.24. The maximum Gasteiger partial charge on any atom is 0.0237 e. The Morgan fingerprint density at radius 2 is 2.10 bits per heavy atom. The molecule has 110 valence electrons. The van der Waals surface area contributed by atoms with Gasteiger partial charge in [0.2, 0.25) is 0 Å². The monoisotopic (exact) mass is 272 g/mol. The van der Waals surface area contributed by atoms with E-state index in [1.165, 1.54) is 37.8 Å². The summed E-state index contributed by atoms with van der Waals surface area (Å²) < 4.78 is 0. The molecule has 2 heteroatoms. The van der Waals surface area contributed by atoms with E-state index in [1.807, 2.05) is 0 Å². The third kappa shape index (κ3) is 3.24. The van der Waals surface area contributed by atoms with Gasteiger partial charge in [-0.2, -0.15) is 0 Å². The van der Waals surface area contributed by atoms with Crippen molar-refractivity contribution >= 4 is 0 Å². The first-order valence-electron chi connectivity index (χ1n) is 8.28. The Hall–Kier alpha value is -0.860. The summed E-state index contributed by atoms with van der Waals surface area (Å²) >= 11 is 0. The van der Waals surface area contributed by atoms with E-state index in [1.54, 1.807) is 11.1 Å². The fourth-order valence-electron chi connectivity index (χ4n) is 3.75. The number of rotatable bonds is 4. The van der Waals surface area contributed by atoms with E-state index < -0.39 is 0 Å². The molecule has 1 atom stereocenters. The molecule has 1 N–H and O–H groups in total. The van der Waals surface area contributed by atoms with Gasteiger partial charge >= 0.3 is 0 Å². The molecule has 1 aliphatic heterocycles. The number of piperazine rings is 1. The largest absolute Gasteiger partial charge is 0.314 e. The van der Waals surface area contributed by atoms with Crippen molar-refractivity contribution in [3.63, 3.8) is 0 Å². The first-order valence-corrected chi connectivity index (χ1v) is 8.28. The van der Waals surface area contributed by atoms with Crippen LogP contribution in [0.15, 0.2) is 18.2 Å². The molecule has 0 aromatic heterocycles. The minimum Gasteiger partial charge on any atom is -0.314 e. The number of nitrogens with one attached hydrogen (secondary N) is 1. The van der Waals surface area contributed by atoms with Crippen LogP contribution < -0.4 is 5.32 Å². The number of hydrogen-bond acceptors (Lipinski definition) is 2. The average molecular weight is 272 g/mol. The SMILES string of the molecule is CC(C)CC1CNCCN1Cc1ccc2c(c1)CCC2. The number of benzene rings is 1. The van der Waals surface area contributed by atoms with Gasteiger partial charge in [-0.15, -0.1) is 0 Å². The van der Waals surface area contributed by atoms with Gasteiger partial charge in [0, 0.05) is 32.2 Å². The zero-order chi connectivity index (χ0) is 13.9. The van der Waals surface area contributed by atoms with Crippen LogP contribution in [0, 0.1) is 5.92 Å². The summed E-state index contributed by atoms with van der Waals surface area (Å²) in [5, 5.41) is 3.56. The van der Waals surface area contributed by atoms with Crippen LogP contribution in [-0.4, -0.2) is 30.6 Å². The molecule has 0 bridgehead atoms. The number of nitrogens with zero attached hydrogens (tertiary/aromatic N) is 1. The van der Waals surface area contributed by atoms with Crippen molar-refractivity contribution in [3.05, 3.63) is 34.9 Å². The van der Waals surface area contributed by atoms with Crippen molar-refractivity contribution in [2.75, 3.05) is 19.6 Å². The fraction of sp³-hybridized carbons (Fsp3) is 0.667. The average Bonchev–Trinajstić information content (AvgIpc) is 2.88. The fourth-order valence-corrected chi connectivity index (χ4v) is 3.75. The molecule has 1 saturated heterocycles.